The van der Waals surface area contributed by atoms with Crippen LogP contribution in [0.15, 0.2) is 0 Å². The molecule has 2 aliphatic rings. The van der Waals surface area contributed by atoms with E-state index in [1.54, 1.807) is 0 Å². The Hall–Kier alpha value is -0.120. The van der Waals surface area contributed by atoms with E-state index in [9.17, 15) is 0 Å². The lowest BCUT2D eigenvalue weighted by Gasteiger charge is -2.34. The van der Waals surface area contributed by atoms with Gasteiger partial charge in [0.25, 0.3) is 0 Å². The molecule has 2 fully saturated rings. The second kappa shape index (κ2) is 5.10. The highest BCUT2D eigenvalue weighted by Gasteiger charge is 2.21. The third-order valence-corrected chi connectivity index (χ3v) is 3.44. The van der Waals surface area contributed by atoms with Crippen LogP contribution in [0, 0.1) is 0 Å². The minimum absolute atomic E-state index is 0.747. The van der Waals surface area contributed by atoms with E-state index in [1.807, 2.05) is 0 Å². The molecular formula is C11H23N3. The van der Waals surface area contributed by atoms with Crippen LogP contribution in [0.2, 0.25) is 0 Å². The molecule has 2 aliphatic heterocycles. The third-order valence-electron chi connectivity index (χ3n) is 3.44. The molecular weight excluding hydrogens is 174 g/mol. The van der Waals surface area contributed by atoms with Gasteiger partial charge in [0.05, 0.1) is 0 Å². The second-order valence-corrected chi connectivity index (χ2v) is 4.79. The van der Waals surface area contributed by atoms with Gasteiger partial charge in [0.1, 0.15) is 0 Å². The number of hydrogen-bond acceptors (Lipinski definition) is 3. The van der Waals surface area contributed by atoms with Crippen molar-refractivity contribution in [2.45, 2.75) is 37.8 Å². The zero-order valence-corrected chi connectivity index (χ0v) is 9.26. The number of piperidine rings is 2. The van der Waals surface area contributed by atoms with Crippen LogP contribution in [0.4, 0.5) is 0 Å². The SMILES string of the molecule is CN1CCCC(NC2CCNCC2)C1. The normalized spacial score (nSPS) is 31.9. The van der Waals surface area contributed by atoms with Gasteiger partial charge in [-0.25, -0.2) is 0 Å². The van der Waals surface area contributed by atoms with Crippen molar-refractivity contribution < 1.29 is 0 Å². The van der Waals surface area contributed by atoms with Crippen molar-refractivity contribution in [2.75, 3.05) is 33.2 Å². The van der Waals surface area contributed by atoms with Crippen LogP contribution < -0.4 is 10.6 Å². The number of nitrogens with one attached hydrogen (secondary N) is 2. The van der Waals surface area contributed by atoms with Crippen LogP contribution in [0.25, 0.3) is 0 Å². The molecule has 0 aromatic carbocycles. The molecule has 2 rings (SSSR count). The predicted octanol–water partition coefficient (Wildman–Crippen LogP) is 0.422. The van der Waals surface area contributed by atoms with Crippen molar-refractivity contribution in [1.82, 2.24) is 15.5 Å². The Bertz CT molecular complexity index is 166. The van der Waals surface area contributed by atoms with Gasteiger partial charge >= 0.3 is 0 Å². The molecule has 0 aromatic heterocycles. The Labute approximate surface area is 87.2 Å². The van der Waals surface area contributed by atoms with Crippen molar-refractivity contribution in [3.63, 3.8) is 0 Å². The summed E-state index contributed by atoms with van der Waals surface area (Å²) in [7, 11) is 2.23. The first-order chi connectivity index (χ1) is 6.84. The van der Waals surface area contributed by atoms with Gasteiger partial charge in [0, 0.05) is 18.6 Å². The average Bonchev–Trinajstić information content (AvgIpc) is 2.19. The van der Waals surface area contributed by atoms with Crippen LogP contribution in [-0.4, -0.2) is 50.2 Å². The molecule has 82 valence electrons. The number of rotatable bonds is 2. The summed E-state index contributed by atoms with van der Waals surface area (Å²) in [5.74, 6) is 0. The van der Waals surface area contributed by atoms with E-state index in [4.69, 9.17) is 0 Å². The highest BCUT2D eigenvalue weighted by atomic mass is 15.1. The molecule has 0 amide bonds. The van der Waals surface area contributed by atoms with Crippen molar-refractivity contribution >= 4 is 0 Å². The van der Waals surface area contributed by atoms with Crippen molar-refractivity contribution in [3.05, 3.63) is 0 Å². The molecule has 3 nitrogen and oxygen atoms in total. The fourth-order valence-corrected chi connectivity index (χ4v) is 2.62. The molecule has 0 spiro atoms. The van der Waals surface area contributed by atoms with Crippen LogP contribution in [0.1, 0.15) is 25.7 Å². The highest BCUT2D eigenvalue weighted by Crippen LogP contribution is 2.11. The summed E-state index contributed by atoms with van der Waals surface area (Å²) in [6.45, 7) is 4.91. The summed E-state index contributed by atoms with van der Waals surface area (Å²) in [5.41, 5.74) is 0. The Morgan fingerprint density at radius 1 is 1.14 bits per heavy atom. The Kier molecular flexibility index (Phi) is 3.79. The zero-order valence-electron chi connectivity index (χ0n) is 9.26. The Morgan fingerprint density at radius 3 is 2.64 bits per heavy atom. The van der Waals surface area contributed by atoms with E-state index in [-0.39, 0.29) is 0 Å². The summed E-state index contributed by atoms with van der Waals surface area (Å²) in [4.78, 5) is 2.45. The Balaban J connectivity index is 1.72. The van der Waals surface area contributed by atoms with Gasteiger partial charge in [0.15, 0.2) is 0 Å². The first-order valence-electron chi connectivity index (χ1n) is 6.00. The molecule has 0 radical (unpaired) electrons. The fourth-order valence-electron chi connectivity index (χ4n) is 2.62. The van der Waals surface area contributed by atoms with Crippen molar-refractivity contribution in [2.24, 2.45) is 0 Å². The number of likely N-dealkylation sites (N-methyl/N-ethyl adjacent to an activating group) is 1. The molecule has 0 bridgehead atoms. The van der Waals surface area contributed by atoms with Crippen molar-refractivity contribution in [3.8, 4) is 0 Å². The van der Waals surface area contributed by atoms with E-state index in [0.717, 1.165) is 12.1 Å². The van der Waals surface area contributed by atoms with Gasteiger partial charge in [-0.05, 0) is 52.4 Å². The molecule has 1 atom stereocenters. The lowest BCUT2D eigenvalue weighted by Crippen LogP contribution is -2.50. The molecule has 3 heteroatoms. The largest absolute Gasteiger partial charge is 0.317 e. The summed E-state index contributed by atoms with van der Waals surface area (Å²) in [6, 6.07) is 1.52. The Morgan fingerprint density at radius 2 is 1.93 bits per heavy atom. The minimum Gasteiger partial charge on any atom is -0.317 e. The molecule has 0 aromatic rings. The van der Waals surface area contributed by atoms with Gasteiger partial charge < -0.3 is 15.5 Å². The monoisotopic (exact) mass is 197 g/mol. The maximum Gasteiger partial charge on any atom is 0.0197 e. The van der Waals surface area contributed by atoms with Gasteiger partial charge in [-0.15, -0.1) is 0 Å². The highest BCUT2D eigenvalue weighted by molar-refractivity contribution is 4.82. The molecule has 2 N–H and O–H groups in total. The van der Waals surface area contributed by atoms with Gasteiger partial charge in [0.2, 0.25) is 0 Å². The molecule has 1 unspecified atom stereocenters. The number of hydrogen-bond donors (Lipinski definition) is 2. The maximum absolute atomic E-state index is 3.81. The standard InChI is InChI=1S/C11H23N3/c1-14-8-2-3-11(9-14)13-10-4-6-12-7-5-10/h10-13H,2-9H2,1H3. The third kappa shape index (κ3) is 2.94. The molecule has 0 saturated carbocycles. The van der Waals surface area contributed by atoms with E-state index >= 15 is 0 Å². The second-order valence-electron chi connectivity index (χ2n) is 4.79. The smallest absolute Gasteiger partial charge is 0.0197 e. The maximum atomic E-state index is 3.81. The first-order valence-corrected chi connectivity index (χ1v) is 6.00. The minimum atomic E-state index is 0.747. The van der Waals surface area contributed by atoms with Gasteiger partial charge in [-0.3, -0.25) is 0 Å². The van der Waals surface area contributed by atoms with Crippen LogP contribution in [0.5, 0.6) is 0 Å². The number of nitrogens with zero attached hydrogens (tertiary/aromatic N) is 1. The lowest BCUT2D eigenvalue weighted by atomic mass is 10.0. The molecule has 2 saturated heterocycles. The summed E-state index contributed by atoms with van der Waals surface area (Å²) in [6.07, 6.45) is 5.34. The van der Waals surface area contributed by atoms with E-state index < -0.39 is 0 Å². The topological polar surface area (TPSA) is 27.3 Å². The first kappa shape index (κ1) is 10.4. The van der Waals surface area contributed by atoms with Crippen molar-refractivity contribution in [1.29, 1.82) is 0 Å². The lowest BCUT2D eigenvalue weighted by molar-refractivity contribution is 0.207. The van der Waals surface area contributed by atoms with Crippen LogP contribution >= 0.6 is 0 Å². The van der Waals surface area contributed by atoms with E-state index in [0.29, 0.717) is 0 Å². The molecule has 2 heterocycles. The summed E-state index contributed by atoms with van der Waals surface area (Å²) >= 11 is 0. The summed E-state index contributed by atoms with van der Waals surface area (Å²) in [5, 5.41) is 7.22. The summed E-state index contributed by atoms with van der Waals surface area (Å²) < 4.78 is 0. The average molecular weight is 197 g/mol. The van der Waals surface area contributed by atoms with E-state index in [2.05, 4.69) is 22.6 Å². The quantitative estimate of drug-likeness (QED) is 0.672. The predicted molar refractivity (Wildman–Crippen MR) is 59.5 cm³/mol. The molecule has 0 aliphatic carbocycles. The van der Waals surface area contributed by atoms with Crippen LogP contribution in [0.3, 0.4) is 0 Å². The van der Waals surface area contributed by atoms with Gasteiger partial charge in [-0.1, -0.05) is 0 Å². The zero-order chi connectivity index (χ0) is 9.80. The number of likely N-dealkylation sites (tertiary alicyclic amines) is 1. The van der Waals surface area contributed by atoms with E-state index in [1.165, 1.54) is 51.9 Å². The van der Waals surface area contributed by atoms with Gasteiger partial charge in [-0.2, -0.15) is 0 Å². The molecule has 14 heavy (non-hydrogen) atoms. The fraction of sp³-hybridized carbons (Fsp3) is 1.00. The van der Waals surface area contributed by atoms with Crippen LogP contribution in [-0.2, 0) is 0 Å².